The second-order valence-electron chi connectivity index (χ2n) is 7.31. The fourth-order valence-corrected chi connectivity index (χ4v) is 4.95. The Morgan fingerprint density at radius 1 is 1.35 bits per heavy atom. The largest absolute Gasteiger partial charge is 0.497 e. The summed E-state index contributed by atoms with van der Waals surface area (Å²) in [5.41, 5.74) is 11.0. The number of hydrogen-bond donors (Lipinski definition) is 1. The molecule has 0 spiro atoms. The standard InChI is InChI=1S/C19H29N5O6S/c1-14(2)18(19(25)22-30-17-6-4-5-13-29-17)24(12-11-21-23-20)31(26,27)16-9-7-15(28-3)8-10-16/h7-10,14,17-18H,4-6,11-13H2,1-3H3,(H,22,25)/t17?,18-/m1/s1. The Morgan fingerprint density at radius 2 is 2.06 bits per heavy atom. The summed E-state index contributed by atoms with van der Waals surface area (Å²) < 4.78 is 38.3. The molecule has 1 saturated heterocycles. The number of sulfonamides is 1. The lowest BCUT2D eigenvalue weighted by Gasteiger charge is -2.32. The van der Waals surface area contributed by atoms with Crippen molar-refractivity contribution in [3.8, 4) is 5.75 Å². The Kier molecular flexibility index (Phi) is 9.53. The van der Waals surface area contributed by atoms with Crippen LogP contribution in [0.2, 0.25) is 0 Å². The first kappa shape index (κ1) is 24.9. The van der Waals surface area contributed by atoms with Crippen molar-refractivity contribution in [2.45, 2.75) is 50.3 Å². The maximum absolute atomic E-state index is 13.4. The van der Waals surface area contributed by atoms with Gasteiger partial charge in [-0.25, -0.2) is 18.7 Å². The van der Waals surface area contributed by atoms with Gasteiger partial charge in [-0.15, -0.1) is 0 Å². The smallest absolute Gasteiger partial charge is 0.262 e. The predicted molar refractivity (Wildman–Crippen MR) is 112 cm³/mol. The number of nitrogens with zero attached hydrogens (tertiary/aromatic N) is 4. The van der Waals surface area contributed by atoms with Crippen LogP contribution in [0.1, 0.15) is 33.1 Å². The van der Waals surface area contributed by atoms with E-state index in [1.165, 1.54) is 31.4 Å². The molecule has 2 rings (SSSR count). The molecule has 172 valence electrons. The number of carbonyl (C=O) groups is 1. The number of benzene rings is 1. The van der Waals surface area contributed by atoms with E-state index >= 15 is 0 Å². The molecular formula is C19H29N5O6S. The second kappa shape index (κ2) is 11.9. The maximum Gasteiger partial charge on any atom is 0.262 e. The molecule has 0 saturated carbocycles. The third-order valence-corrected chi connectivity index (χ3v) is 6.68. The molecule has 1 aromatic carbocycles. The number of ether oxygens (including phenoxy) is 2. The van der Waals surface area contributed by atoms with E-state index in [-0.39, 0.29) is 18.0 Å². The van der Waals surface area contributed by atoms with Crippen LogP contribution >= 0.6 is 0 Å². The Labute approximate surface area is 182 Å². The topological polar surface area (TPSA) is 143 Å². The van der Waals surface area contributed by atoms with E-state index in [0.717, 1.165) is 17.1 Å². The van der Waals surface area contributed by atoms with Crippen LogP contribution < -0.4 is 10.2 Å². The summed E-state index contributed by atoms with van der Waals surface area (Å²) in [6.45, 7) is 3.69. The lowest BCUT2D eigenvalue weighted by Crippen LogP contribution is -2.53. The summed E-state index contributed by atoms with van der Waals surface area (Å²) in [5, 5.41) is 3.44. The van der Waals surface area contributed by atoms with E-state index in [9.17, 15) is 13.2 Å². The van der Waals surface area contributed by atoms with Crippen LogP contribution in [0.15, 0.2) is 34.3 Å². The van der Waals surface area contributed by atoms with Gasteiger partial charge in [0.25, 0.3) is 5.91 Å². The highest BCUT2D eigenvalue weighted by molar-refractivity contribution is 7.89. The zero-order valence-electron chi connectivity index (χ0n) is 17.9. The average Bonchev–Trinajstić information content (AvgIpc) is 2.77. The van der Waals surface area contributed by atoms with E-state index in [1.807, 2.05) is 0 Å². The number of hydroxylamine groups is 1. The van der Waals surface area contributed by atoms with Crippen LogP contribution in [0.5, 0.6) is 5.75 Å². The molecule has 1 unspecified atom stereocenters. The molecule has 1 aliphatic heterocycles. The van der Waals surface area contributed by atoms with Gasteiger partial charge >= 0.3 is 0 Å². The summed E-state index contributed by atoms with van der Waals surface area (Å²) in [6.07, 6.45) is 1.91. The van der Waals surface area contributed by atoms with E-state index in [4.69, 9.17) is 19.8 Å². The van der Waals surface area contributed by atoms with Crippen molar-refractivity contribution in [3.05, 3.63) is 34.7 Å². The third-order valence-electron chi connectivity index (χ3n) is 4.79. The molecule has 0 aliphatic carbocycles. The Balaban J connectivity index is 2.29. The number of rotatable bonds is 11. The molecule has 1 N–H and O–H groups in total. The van der Waals surface area contributed by atoms with Crippen molar-refractivity contribution in [1.82, 2.24) is 9.79 Å². The lowest BCUT2D eigenvalue weighted by molar-refractivity contribution is -0.202. The Bertz CT molecular complexity index is 864. The number of nitrogens with one attached hydrogen (secondary N) is 1. The van der Waals surface area contributed by atoms with Crippen molar-refractivity contribution in [1.29, 1.82) is 0 Å². The molecule has 1 fully saturated rings. The van der Waals surface area contributed by atoms with Crippen molar-refractivity contribution in [2.75, 3.05) is 26.8 Å². The summed E-state index contributed by atoms with van der Waals surface area (Å²) in [5.74, 6) is -0.518. The molecule has 0 bridgehead atoms. The van der Waals surface area contributed by atoms with Crippen molar-refractivity contribution < 1.29 is 27.5 Å². The summed E-state index contributed by atoms with van der Waals surface area (Å²) in [6, 6.07) is 4.75. The zero-order valence-corrected chi connectivity index (χ0v) is 18.7. The van der Waals surface area contributed by atoms with Gasteiger partial charge in [-0.05, 0) is 48.6 Å². The SMILES string of the molecule is COc1ccc(S(=O)(=O)N(CCN=[N+]=[N-])[C@@H](C(=O)NOC2CCCCO2)C(C)C)cc1. The summed E-state index contributed by atoms with van der Waals surface area (Å²) in [4.78, 5) is 21.0. The number of carbonyl (C=O) groups excluding carboxylic acids is 1. The molecule has 0 radical (unpaired) electrons. The van der Waals surface area contributed by atoms with Gasteiger partial charge in [0.2, 0.25) is 10.0 Å². The minimum atomic E-state index is -4.09. The number of methoxy groups -OCH3 is 1. The summed E-state index contributed by atoms with van der Waals surface area (Å²) >= 11 is 0. The van der Waals surface area contributed by atoms with Crippen LogP contribution in [0, 0.1) is 5.92 Å². The van der Waals surface area contributed by atoms with Crippen molar-refractivity contribution in [3.63, 3.8) is 0 Å². The normalized spacial score (nSPS) is 17.8. The van der Waals surface area contributed by atoms with Crippen LogP contribution in [-0.4, -0.2) is 57.8 Å². The fraction of sp³-hybridized carbons (Fsp3) is 0.632. The van der Waals surface area contributed by atoms with Crippen LogP contribution in [0.25, 0.3) is 10.4 Å². The minimum Gasteiger partial charge on any atom is -0.497 e. The molecule has 0 aromatic heterocycles. The minimum absolute atomic E-state index is 0.00998. The number of hydrogen-bond acceptors (Lipinski definition) is 7. The average molecular weight is 456 g/mol. The van der Waals surface area contributed by atoms with Gasteiger partial charge in [0, 0.05) is 31.0 Å². The van der Waals surface area contributed by atoms with E-state index in [2.05, 4.69) is 15.5 Å². The molecular weight excluding hydrogens is 426 g/mol. The van der Waals surface area contributed by atoms with Crippen LogP contribution in [-0.2, 0) is 24.4 Å². The quantitative estimate of drug-likeness (QED) is 0.235. The van der Waals surface area contributed by atoms with Gasteiger partial charge in [0.1, 0.15) is 11.8 Å². The van der Waals surface area contributed by atoms with Crippen molar-refractivity contribution in [2.24, 2.45) is 11.0 Å². The monoisotopic (exact) mass is 455 g/mol. The van der Waals surface area contributed by atoms with E-state index in [1.54, 1.807) is 13.8 Å². The number of azide groups is 1. The molecule has 1 aromatic rings. The van der Waals surface area contributed by atoms with Gasteiger partial charge < -0.3 is 9.47 Å². The van der Waals surface area contributed by atoms with Crippen LogP contribution in [0.3, 0.4) is 0 Å². The van der Waals surface area contributed by atoms with Gasteiger partial charge in [-0.3, -0.25) is 4.79 Å². The molecule has 1 heterocycles. The third kappa shape index (κ3) is 6.81. The summed E-state index contributed by atoms with van der Waals surface area (Å²) in [7, 11) is -2.62. The highest BCUT2D eigenvalue weighted by Crippen LogP contribution is 2.24. The second-order valence-corrected chi connectivity index (χ2v) is 9.21. The first-order valence-electron chi connectivity index (χ1n) is 10.0. The number of amides is 1. The molecule has 2 atom stereocenters. The maximum atomic E-state index is 13.4. The molecule has 1 aliphatic rings. The van der Waals surface area contributed by atoms with E-state index in [0.29, 0.717) is 18.8 Å². The van der Waals surface area contributed by atoms with E-state index < -0.39 is 34.2 Å². The Hall–Kier alpha value is -2.37. The zero-order chi connectivity index (χ0) is 22.9. The highest BCUT2D eigenvalue weighted by atomic mass is 32.2. The molecule has 31 heavy (non-hydrogen) atoms. The highest BCUT2D eigenvalue weighted by Gasteiger charge is 2.38. The van der Waals surface area contributed by atoms with Crippen molar-refractivity contribution >= 4 is 15.9 Å². The Morgan fingerprint density at radius 3 is 2.61 bits per heavy atom. The van der Waals surface area contributed by atoms with Gasteiger partial charge in [-0.2, -0.15) is 4.31 Å². The predicted octanol–water partition coefficient (Wildman–Crippen LogP) is 2.60. The van der Waals surface area contributed by atoms with Gasteiger partial charge in [0.05, 0.1) is 12.0 Å². The fourth-order valence-electron chi connectivity index (χ4n) is 3.23. The molecule has 1 amide bonds. The molecule has 12 heteroatoms. The molecule has 11 nitrogen and oxygen atoms in total. The lowest BCUT2D eigenvalue weighted by atomic mass is 10.0. The first-order valence-corrected chi connectivity index (χ1v) is 11.5. The first-order chi connectivity index (χ1) is 14.8. The van der Waals surface area contributed by atoms with Gasteiger partial charge in [-0.1, -0.05) is 19.0 Å². The van der Waals surface area contributed by atoms with Gasteiger partial charge in [0.15, 0.2) is 6.29 Å². The van der Waals surface area contributed by atoms with Crippen LogP contribution in [0.4, 0.5) is 0 Å².